The number of carbonyl (C=O) groups excluding carboxylic acids is 1. The number of piperazine rings is 1. The van der Waals surface area contributed by atoms with Crippen molar-refractivity contribution in [3.8, 4) is 0 Å². The minimum atomic E-state index is 0.196. The Morgan fingerprint density at radius 2 is 1.78 bits per heavy atom. The zero-order valence-corrected chi connectivity index (χ0v) is 13.7. The Hall–Kier alpha value is -2.21. The van der Waals surface area contributed by atoms with Crippen molar-refractivity contribution >= 4 is 5.91 Å². The molecule has 2 heterocycles. The number of aryl methyl sites for hydroxylation is 2. The molecule has 0 aliphatic carbocycles. The number of nitrogens with zero attached hydrogens (tertiary/aromatic N) is 4. The second-order valence-corrected chi connectivity index (χ2v) is 6.03. The third-order valence-electron chi connectivity index (χ3n) is 4.13. The molecule has 1 saturated heterocycles. The van der Waals surface area contributed by atoms with E-state index in [1.807, 2.05) is 29.2 Å². The second kappa shape index (κ2) is 6.91. The van der Waals surface area contributed by atoms with E-state index in [1.165, 1.54) is 5.56 Å². The first kappa shape index (κ1) is 15.7. The molecule has 3 rings (SSSR count). The SMILES string of the molecule is Cc1ccc(CC(=O)N2CCN(Cc3nnc(C)o3)CC2)cc1. The number of hydrogen-bond donors (Lipinski definition) is 0. The quantitative estimate of drug-likeness (QED) is 0.857. The molecule has 0 radical (unpaired) electrons. The Labute approximate surface area is 136 Å². The summed E-state index contributed by atoms with van der Waals surface area (Å²) in [5.74, 6) is 1.43. The van der Waals surface area contributed by atoms with E-state index in [0.29, 0.717) is 24.7 Å². The number of rotatable bonds is 4. The number of benzene rings is 1. The molecule has 0 atom stereocenters. The van der Waals surface area contributed by atoms with Gasteiger partial charge in [0.1, 0.15) is 0 Å². The topological polar surface area (TPSA) is 62.5 Å². The van der Waals surface area contributed by atoms with Crippen molar-refractivity contribution in [3.05, 3.63) is 47.2 Å². The number of aromatic nitrogens is 2. The van der Waals surface area contributed by atoms with Crippen LogP contribution in [0.3, 0.4) is 0 Å². The molecule has 1 amide bonds. The second-order valence-electron chi connectivity index (χ2n) is 6.03. The Balaban J connectivity index is 1.48. The Morgan fingerprint density at radius 1 is 1.09 bits per heavy atom. The van der Waals surface area contributed by atoms with Crippen molar-refractivity contribution in [2.75, 3.05) is 26.2 Å². The fraction of sp³-hybridized carbons (Fsp3) is 0.471. The molecule has 2 aromatic rings. The number of hydrogen-bond acceptors (Lipinski definition) is 5. The van der Waals surface area contributed by atoms with E-state index >= 15 is 0 Å². The van der Waals surface area contributed by atoms with Crippen molar-refractivity contribution in [3.63, 3.8) is 0 Å². The Bertz CT molecular complexity index is 657. The molecule has 0 bridgehead atoms. The van der Waals surface area contributed by atoms with Crippen LogP contribution in [-0.4, -0.2) is 52.1 Å². The average molecular weight is 314 g/mol. The van der Waals surface area contributed by atoms with Gasteiger partial charge in [-0.3, -0.25) is 9.69 Å². The Kier molecular flexibility index (Phi) is 4.71. The molecule has 1 fully saturated rings. The smallest absolute Gasteiger partial charge is 0.230 e. The van der Waals surface area contributed by atoms with Crippen molar-refractivity contribution < 1.29 is 9.21 Å². The molecule has 1 aliphatic rings. The van der Waals surface area contributed by atoms with Gasteiger partial charge in [-0.2, -0.15) is 0 Å². The van der Waals surface area contributed by atoms with Crippen molar-refractivity contribution in [2.45, 2.75) is 26.8 Å². The van der Waals surface area contributed by atoms with Crippen LogP contribution in [-0.2, 0) is 17.8 Å². The highest BCUT2D eigenvalue weighted by molar-refractivity contribution is 5.78. The maximum atomic E-state index is 12.4. The van der Waals surface area contributed by atoms with Crippen LogP contribution in [0.25, 0.3) is 0 Å². The van der Waals surface area contributed by atoms with Crippen LogP contribution in [0.5, 0.6) is 0 Å². The molecule has 6 heteroatoms. The average Bonchev–Trinajstić information content (AvgIpc) is 2.95. The molecule has 23 heavy (non-hydrogen) atoms. The van der Waals surface area contributed by atoms with Gasteiger partial charge in [0.25, 0.3) is 0 Å². The van der Waals surface area contributed by atoms with Gasteiger partial charge in [-0.1, -0.05) is 29.8 Å². The van der Waals surface area contributed by atoms with Gasteiger partial charge >= 0.3 is 0 Å². The molecule has 1 aromatic carbocycles. The van der Waals surface area contributed by atoms with Gasteiger partial charge in [0, 0.05) is 33.1 Å². The summed E-state index contributed by atoms with van der Waals surface area (Å²) in [6.45, 7) is 7.66. The lowest BCUT2D eigenvalue weighted by Gasteiger charge is -2.34. The highest BCUT2D eigenvalue weighted by atomic mass is 16.4. The summed E-state index contributed by atoms with van der Waals surface area (Å²) < 4.78 is 5.40. The van der Waals surface area contributed by atoms with Gasteiger partial charge in [0.2, 0.25) is 17.7 Å². The Morgan fingerprint density at radius 3 is 2.39 bits per heavy atom. The lowest BCUT2D eigenvalue weighted by molar-refractivity contribution is -0.132. The summed E-state index contributed by atoms with van der Waals surface area (Å²) in [7, 11) is 0. The summed E-state index contributed by atoms with van der Waals surface area (Å²) >= 11 is 0. The predicted molar refractivity (Wildman–Crippen MR) is 85.8 cm³/mol. The third kappa shape index (κ3) is 4.16. The summed E-state index contributed by atoms with van der Waals surface area (Å²) in [6, 6.07) is 8.16. The van der Waals surface area contributed by atoms with Crippen LogP contribution in [0.4, 0.5) is 0 Å². The van der Waals surface area contributed by atoms with Crippen molar-refractivity contribution in [2.24, 2.45) is 0 Å². The molecular formula is C17H22N4O2. The molecule has 0 unspecified atom stereocenters. The van der Waals surface area contributed by atoms with E-state index in [-0.39, 0.29) is 5.91 Å². The monoisotopic (exact) mass is 314 g/mol. The standard InChI is InChI=1S/C17H22N4O2/c1-13-3-5-15(6-4-13)11-17(22)21-9-7-20(8-10-21)12-16-19-18-14(2)23-16/h3-6H,7-12H2,1-2H3. The van der Waals surface area contributed by atoms with Gasteiger partial charge in [-0.25, -0.2) is 0 Å². The third-order valence-corrected chi connectivity index (χ3v) is 4.13. The first-order valence-corrected chi connectivity index (χ1v) is 7.95. The van der Waals surface area contributed by atoms with Gasteiger partial charge in [-0.15, -0.1) is 10.2 Å². The summed E-state index contributed by atoms with van der Waals surface area (Å²) in [4.78, 5) is 16.6. The van der Waals surface area contributed by atoms with Gasteiger partial charge in [0.05, 0.1) is 13.0 Å². The van der Waals surface area contributed by atoms with E-state index in [0.717, 1.165) is 31.7 Å². The summed E-state index contributed by atoms with van der Waals surface area (Å²) in [5, 5.41) is 7.86. The van der Waals surface area contributed by atoms with Crippen LogP contribution in [0.1, 0.15) is 22.9 Å². The van der Waals surface area contributed by atoms with E-state index < -0.39 is 0 Å². The van der Waals surface area contributed by atoms with Gasteiger partial charge < -0.3 is 9.32 Å². The normalized spacial score (nSPS) is 15.8. The predicted octanol–water partition coefficient (Wildman–Crippen LogP) is 1.57. The molecule has 0 spiro atoms. The fourth-order valence-corrected chi connectivity index (χ4v) is 2.74. The molecule has 0 N–H and O–H groups in total. The van der Waals surface area contributed by atoms with E-state index in [9.17, 15) is 4.79 Å². The molecule has 6 nitrogen and oxygen atoms in total. The largest absolute Gasteiger partial charge is 0.424 e. The minimum absolute atomic E-state index is 0.196. The van der Waals surface area contributed by atoms with Gasteiger partial charge in [-0.05, 0) is 12.5 Å². The zero-order valence-electron chi connectivity index (χ0n) is 13.7. The number of carbonyl (C=O) groups is 1. The maximum Gasteiger partial charge on any atom is 0.230 e. The number of amides is 1. The molecule has 122 valence electrons. The fourth-order valence-electron chi connectivity index (χ4n) is 2.74. The first-order chi connectivity index (χ1) is 11.1. The zero-order chi connectivity index (χ0) is 16.2. The van der Waals surface area contributed by atoms with Crippen LogP contribution >= 0.6 is 0 Å². The molecule has 1 aromatic heterocycles. The lowest BCUT2D eigenvalue weighted by atomic mass is 10.1. The van der Waals surface area contributed by atoms with Crippen LogP contribution < -0.4 is 0 Å². The highest BCUT2D eigenvalue weighted by Crippen LogP contribution is 2.10. The summed E-state index contributed by atoms with van der Waals surface area (Å²) in [6.07, 6.45) is 0.475. The van der Waals surface area contributed by atoms with Crippen LogP contribution in [0.2, 0.25) is 0 Å². The molecule has 1 aliphatic heterocycles. The molecule has 0 saturated carbocycles. The minimum Gasteiger partial charge on any atom is -0.424 e. The van der Waals surface area contributed by atoms with Crippen molar-refractivity contribution in [1.29, 1.82) is 0 Å². The van der Waals surface area contributed by atoms with E-state index in [4.69, 9.17) is 4.42 Å². The highest BCUT2D eigenvalue weighted by Gasteiger charge is 2.22. The lowest BCUT2D eigenvalue weighted by Crippen LogP contribution is -2.48. The summed E-state index contributed by atoms with van der Waals surface area (Å²) in [5.41, 5.74) is 2.29. The van der Waals surface area contributed by atoms with Crippen LogP contribution in [0.15, 0.2) is 28.7 Å². The van der Waals surface area contributed by atoms with Gasteiger partial charge in [0.15, 0.2) is 0 Å². The molecular weight excluding hydrogens is 292 g/mol. The van der Waals surface area contributed by atoms with Crippen molar-refractivity contribution in [1.82, 2.24) is 20.0 Å². The first-order valence-electron chi connectivity index (χ1n) is 7.95. The van der Waals surface area contributed by atoms with E-state index in [1.54, 1.807) is 6.92 Å². The van der Waals surface area contributed by atoms with Crippen LogP contribution in [0, 0.1) is 13.8 Å². The van der Waals surface area contributed by atoms with E-state index in [2.05, 4.69) is 22.0 Å². The maximum absolute atomic E-state index is 12.4.